The summed E-state index contributed by atoms with van der Waals surface area (Å²) in [7, 11) is -3.59. The molecule has 1 aliphatic rings. The van der Waals surface area contributed by atoms with Gasteiger partial charge in [-0.3, -0.25) is 4.79 Å². The number of carbonyl (C=O) groups excluding carboxylic acids is 1. The topological polar surface area (TPSA) is 66.5 Å². The zero-order chi connectivity index (χ0) is 18.0. The highest BCUT2D eigenvalue weighted by atomic mass is 32.2. The number of hydrogen-bond donors (Lipinski definition) is 1. The molecule has 0 saturated carbocycles. The van der Waals surface area contributed by atoms with E-state index in [-0.39, 0.29) is 29.8 Å². The summed E-state index contributed by atoms with van der Waals surface area (Å²) >= 11 is 0. The van der Waals surface area contributed by atoms with E-state index in [4.69, 9.17) is 0 Å². The van der Waals surface area contributed by atoms with Gasteiger partial charge >= 0.3 is 0 Å². The van der Waals surface area contributed by atoms with Crippen LogP contribution in [0.3, 0.4) is 0 Å². The minimum atomic E-state index is -3.59. The molecule has 1 aliphatic heterocycles. The van der Waals surface area contributed by atoms with Crippen LogP contribution in [-0.2, 0) is 21.2 Å². The van der Waals surface area contributed by atoms with Crippen molar-refractivity contribution < 1.29 is 13.2 Å². The number of hydrogen-bond acceptors (Lipinski definition) is 3. The van der Waals surface area contributed by atoms with Crippen molar-refractivity contribution in [2.24, 2.45) is 0 Å². The van der Waals surface area contributed by atoms with E-state index in [1.54, 1.807) is 29.2 Å². The summed E-state index contributed by atoms with van der Waals surface area (Å²) < 4.78 is 27.1. The Morgan fingerprint density at radius 3 is 2.56 bits per heavy atom. The Morgan fingerprint density at radius 1 is 1.16 bits per heavy atom. The fraction of sp³-hybridized carbons (Fsp3) is 0.316. The van der Waals surface area contributed by atoms with Crippen LogP contribution in [0.25, 0.3) is 0 Å². The molecular formula is C19H22N2O3S. The van der Waals surface area contributed by atoms with Crippen molar-refractivity contribution in [3.63, 3.8) is 0 Å². The van der Waals surface area contributed by atoms with Crippen molar-refractivity contribution in [3.05, 3.63) is 59.7 Å². The van der Waals surface area contributed by atoms with E-state index < -0.39 is 10.0 Å². The molecular weight excluding hydrogens is 336 g/mol. The fourth-order valence-corrected chi connectivity index (χ4v) is 4.19. The molecule has 0 unspecified atom stereocenters. The monoisotopic (exact) mass is 358 g/mol. The standard InChI is InChI=1S/C19H22N2O3S/c1-14-7-9-17(10-8-14)25(23,24)20-12-11-19(22)21-15(2)13-16-5-3-4-6-18(16)21/h3-10,15,20H,11-13H2,1-2H3/t15-/m0/s1. The second-order valence-electron chi connectivity index (χ2n) is 6.41. The third-order valence-electron chi connectivity index (χ3n) is 4.44. The Kier molecular flexibility index (Phi) is 4.92. The zero-order valence-corrected chi connectivity index (χ0v) is 15.2. The summed E-state index contributed by atoms with van der Waals surface area (Å²) in [5.74, 6) is -0.0657. The van der Waals surface area contributed by atoms with E-state index in [1.807, 2.05) is 38.1 Å². The number of nitrogens with zero attached hydrogens (tertiary/aromatic N) is 1. The number of benzene rings is 2. The summed E-state index contributed by atoms with van der Waals surface area (Å²) in [6, 6.07) is 14.6. The van der Waals surface area contributed by atoms with Crippen LogP contribution in [0, 0.1) is 6.92 Å². The molecule has 132 valence electrons. The van der Waals surface area contributed by atoms with Gasteiger partial charge in [-0.05, 0) is 44.0 Å². The van der Waals surface area contributed by atoms with Gasteiger partial charge in [-0.15, -0.1) is 0 Å². The molecule has 1 N–H and O–H groups in total. The summed E-state index contributed by atoms with van der Waals surface area (Å²) in [4.78, 5) is 14.6. The molecule has 0 spiro atoms. The SMILES string of the molecule is Cc1ccc(S(=O)(=O)NCCC(=O)N2c3ccccc3C[C@@H]2C)cc1. The lowest BCUT2D eigenvalue weighted by molar-refractivity contribution is -0.118. The maximum Gasteiger partial charge on any atom is 0.240 e. The van der Waals surface area contributed by atoms with Crippen molar-refractivity contribution in [1.82, 2.24) is 4.72 Å². The Labute approximate surface area is 148 Å². The van der Waals surface area contributed by atoms with Crippen LogP contribution in [0.15, 0.2) is 53.4 Å². The maximum atomic E-state index is 12.6. The second-order valence-corrected chi connectivity index (χ2v) is 8.17. The molecule has 6 heteroatoms. The third kappa shape index (κ3) is 3.75. The molecule has 0 aromatic heterocycles. The van der Waals surface area contributed by atoms with E-state index >= 15 is 0 Å². The number of amides is 1. The number of fused-ring (bicyclic) bond motifs is 1. The molecule has 0 saturated heterocycles. The lowest BCUT2D eigenvalue weighted by Gasteiger charge is -2.22. The number of aryl methyl sites for hydroxylation is 1. The first kappa shape index (κ1) is 17.6. The number of anilines is 1. The van der Waals surface area contributed by atoms with Gasteiger partial charge in [-0.2, -0.15) is 0 Å². The van der Waals surface area contributed by atoms with Crippen LogP contribution in [-0.4, -0.2) is 26.9 Å². The summed E-state index contributed by atoms with van der Waals surface area (Å²) in [6.45, 7) is 3.99. The average Bonchev–Trinajstić information content (AvgIpc) is 2.90. The van der Waals surface area contributed by atoms with E-state index in [2.05, 4.69) is 4.72 Å². The van der Waals surface area contributed by atoms with Crippen LogP contribution in [0.5, 0.6) is 0 Å². The number of rotatable bonds is 5. The molecule has 25 heavy (non-hydrogen) atoms. The molecule has 0 radical (unpaired) electrons. The van der Waals surface area contributed by atoms with Gasteiger partial charge in [0.25, 0.3) is 0 Å². The molecule has 0 fully saturated rings. The largest absolute Gasteiger partial charge is 0.309 e. The van der Waals surface area contributed by atoms with Gasteiger partial charge in [0.1, 0.15) is 0 Å². The van der Waals surface area contributed by atoms with Crippen molar-refractivity contribution in [1.29, 1.82) is 0 Å². The first-order valence-corrected chi connectivity index (χ1v) is 9.83. The summed E-state index contributed by atoms with van der Waals surface area (Å²) in [6.07, 6.45) is 0.959. The highest BCUT2D eigenvalue weighted by molar-refractivity contribution is 7.89. The van der Waals surface area contributed by atoms with E-state index in [0.717, 1.165) is 23.2 Å². The van der Waals surface area contributed by atoms with Crippen molar-refractivity contribution in [2.45, 2.75) is 37.6 Å². The third-order valence-corrected chi connectivity index (χ3v) is 5.92. The molecule has 5 nitrogen and oxygen atoms in total. The van der Waals surface area contributed by atoms with E-state index in [1.165, 1.54) is 0 Å². The number of nitrogens with one attached hydrogen (secondary N) is 1. The van der Waals surface area contributed by atoms with Gasteiger partial charge in [-0.1, -0.05) is 35.9 Å². The van der Waals surface area contributed by atoms with Crippen LogP contribution in [0.4, 0.5) is 5.69 Å². The summed E-state index contributed by atoms with van der Waals surface area (Å²) in [5.41, 5.74) is 3.08. The Bertz CT molecular complexity index is 876. The fourth-order valence-electron chi connectivity index (χ4n) is 3.16. The first-order chi connectivity index (χ1) is 11.9. The van der Waals surface area contributed by atoms with Crippen molar-refractivity contribution >= 4 is 21.6 Å². The van der Waals surface area contributed by atoms with E-state index in [0.29, 0.717) is 0 Å². The number of sulfonamides is 1. The highest BCUT2D eigenvalue weighted by Crippen LogP contribution is 2.32. The normalized spacial score (nSPS) is 16.7. The smallest absolute Gasteiger partial charge is 0.240 e. The quantitative estimate of drug-likeness (QED) is 0.893. The molecule has 1 amide bonds. The second kappa shape index (κ2) is 6.98. The molecule has 0 bridgehead atoms. The minimum Gasteiger partial charge on any atom is -0.309 e. The number of carbonyl (C=O) groups is 1. The molecule has 3 rings (SSSR count). The first-order valence-electron chi connectivity index (χ1n) is 8.35. The Balaban J connectivity index is 1.62. The maximum absolute atomic E-state index is 12.6. The molecule has 2 aromatic carbocycles. The lowest BCUT2D eigenvalue weighted by Crippen LogP contribution is -2.38. The van der Waals surface area contributed by atoms with Crippen LogP contribution in [0.1, 0.15) is 24.5 Å². The van der Waals surface area contributed by atoms with Gasteiger partial charge in [0, 0.05) is 24.7 Å². The molecule has 0 aliphatic carbocycles. The number of para-hydroxylation sites is 1. The summed E-state index contributed by atoms with van der Waals surface area (Å²) in [5, 5.41) is 0. The average molecular weight is 358 g/mol. The lowest BCUT2D eigenvalue weighted by atomic mass is 10.1. The van der Waals surface area contributed by atoms with Crippen molar-refractivity contribution in [2.75, 3.05) is 11.4 Å². The molecule has 1 heterocycles. The minimum absolute atomic E-state index is 0.0657. The van der Waals surface area contributed by atoms with Gasteiger partial charge in [-0.25, -0.2) is 13.1 Å². The van der Waals surface area contributed by atoms with Crippen LogP contribution in [0.2, 0.25) is 0 Å². The Morgan fingerprint density at radius 2 is 1.84 bits per heavy atom. The van der Waals surface area contributed by atoms with Gasteiger partial charge in [0.2, 0.25) is 15.9 Å². The highest BCUT2D eigenvalue weighted by Gasteiger charge is 2.30. The van der Waals surface area contributed by atoms with Crippen LogP contribution < -0.4 is 9.62 Å². The van der Waals surface area contributed by atoms with Crippen molar-refractivity contribution in [3.8, 4) is 0 Å². The zero-order valence-electron chi connectivity index (χ0n) is 14.4. The van der Waals surface area contributed by atoms with E-state index in [9.17, 15) is 13.2 Å². The molecule has 1 atom stereocenters. The predicted molar refractivity (Wildman–Crippen MR) is 98.1 cm³/mol. The van der Waals surface area contributed by atoms with Gasteiger partial charge < -0.3 is 4.90 Å². The Hall–Kier alpha value is -2.18. The van der Waals surface area contributed by atoms with Crippen LogP contribution >= 0.6 is 0 Å². The van der Waals surface area contributed by atoms with Gasteiger partial charge in [0.15, 0.2) is 0 Å². The molecule has 2 aromatic rings. The predicted octanol–water partition coefficient (Wildman–Crippen LogP) is 2.64. The van der Waals surface area contributed by atoms with Gasteiger partial charge in [0.05, 0.1) is 4.90 Å².